The molecule has 1 aromatic heterocycles. The zero-order valence-electron chi connectivity index (χ0n) is 17.8. The highest BCUT2D eigenvalue weighted by Crippen LogP contribution is 2.19. The minimum Gasteiger partial charge on any atom is -0.352 e. The second kappa shape index (κ2) is 8.54. The molecular formula is C26H27N3O. The van der Waals surface area contributed by atoms with Gasteiger partial charge in [0.1, 0.15) is 5.82 Å². The van der Waals surface area contributed by atoms with Crippen LogP contribution in [0.5, 0.6) is 0 Å². The van der Waals surface area contributed by atoms with Crippen molar-refractivity contribution in [1.82, 2.24) is 14.9 Å². The Labute approximate surface area is 177 Å². The van der Waals surface area contributed by atoms with E-state index in [0.29, 0.717) is 13.0 Å². The Morgan fingerprint density at radius 1 is 0.933 bits per heavy atom. The van der Waals surface area contributed by atoms with Gasteiger partial charge in [-0.2, -0.15) is 0 Å². The third-order valence-corrected chi connectivity index (χ3v) is 5.46. The maximum Gasteiger partial charge on any atom is 0.251 e. The first-order valence-corrected chi connectivity index (χ1v) is 10.4. The van der Waals surface area contributed by atoms with E-state index in [4.69, 9.17) is 4.98 Å². The molecule has 4 heteroatoms. The predicted octanol–water partition coefficient (Wildman–Crippen LogP) is 4.98. The molecule has 1 N–H and O–H groups in total. The molecule has 0 aliphatic carbocycles. The van der Waals surface area contributed by atoms with Crippen molar-refractivity contribution in [3.05, 3.63) is 100 Å². The highest BCUT2D eigenvalue weighted by molar-refractivity contribution is 5.95. The second-order valence-corrected chi connectivity index (χ2v) is 7.91. The van der Waals surface area contributed by atoms with Gasteiger partial charge in [0.25, 0.3) is 5.91 Å². The lowest BCUT2D eigenvalue weighted by molar-refractivity contribution is 0.0953. The number of amides is 1. The van der Waals surface area contributed by atoms with Crippen molar-refractivity contribution in [2.45, 2.75) is 33.7 Å². The highest BCUT2D eigenvalue weighted by Gasteiger charge is 2.13. The van der Waals surface area contributed by atoms with E-state index in [1.54, 1.807) is 0 Å². The fraction of sp³-hybridized carbons (Fsp3) is 0.231. The van der Waals surface area contributed by atoms with E-state index in [1.807, 2.05) is 50.2 Å². The SMILES string of the molecule is Cc1ccc(Cn2c(CCNC(=O)c3ccc(C)cc3C)nc3ccccc32)cc1. The first-order chi connectivity index (χ1) is 14.5. The molecule has 0 aliphatic heterocycles. The standard InChI is InChI=1S/C26H27N3O/c1-18-8-11-21(12-9-18)17-29-24-7-5-4-6-23(24)28-25(29)14-15-27-26(30)22-13-10-19(2)16-20(22)3/h4-13,16H,14-15,17H2,1-3H3,(H,27,30). The van der Waals surface area contributed by atoms with Gasteiger partial charge in [0, 0.05) is 25.1 Å². The Hall–Kier alpha value is -3.40. The molecule has 0 saturated carbocycles. The summed E-state index contributed by atoms with van der Waals surface area (Å²) in [5.41, 5.74) is 7.49. The van der Waals surface area contributed by atoms with Gasteiger partial charge in [0.15, 0.2) is 0 Å². The lowest BCUT2D eigenvalue weighted by Gasteiger charge is -2.11. The van der Waals surface area contributed by atoms with E-state index >= 15 is 0 Å². The van der Waals surface area contributed by atoms with Gasteiger partial charge in [0.2, 0.25) is 0 Å². The number of nitrogens with one attached hydrogen (secondary N) is 1. The van der Waals surface area contributed by atoms with Crippen LogP contribution in [0.2, 0.25) is 0 Å². The number of para-hydroxylation sites is 2. The van der Waals surface area contributed by atoms with E-state index in [-0.39, 0.29) is 5.91 Å². The molecule has 152 valence electrons. The Kier molecular flexibility index (Phi) is 5.66. The molecule has 0 spiro atoms. The van der Waals surface area contributed by atoms with Crippen molar-refractivity contribution in [2.75, 3.05) is 6.54 Å². The molecule has 0 aliphatic rings. The van der Waals surface area contributed by atoms with Crippen molar-refractivity contribution in [3.63, 3.8) is 0 Å². The molecule has 0 atom stereocenters. The Bertz CT molecular complexity index is 1190. The summed E-state index contributed by atoms with van der Waals surface area (Å²) in [4.78, 5) is 17.4. The van der Waals surface area contributed by atoms with Crippen LogP contribution in [0.3, 0.4) is 0 Å². The van der Waals surface area contributed by atoms with Crippen LogP contribution in [0.1, 0.15) is 38.4 Å². The molecule has 1 heterocycles. The van der Waals surface area contributed by atoms with Crippen molar-refractivity contribution >= 4 is 16.9 Å². The third kappa shape index (κ3) is 4.28. The van der Waals surface area contributed by atoms with Crippen LogP contribution in [0, 0.1) is 20.8 Å². The molecular weight excluding hydrogens is 370 g/mol. The summed E-state index contributed by atoms with van der Waals surface area (Å²) in [6.07, 6.45) is 0.678. The molecule has 0 saturated heterocycles. The van der Waals surface area contributed by atoms with Crippen LogP contribution in [-0.4, -0.2) is 22.0 Å². The molecule has 4 aromatic rings. The normalized spacial score (nSPS) is 11.0. The molecule has 0 bridgehead atoms. The number of hydrogen-bond donors (Lipinski definition) is 1. The van der Waals surface area contributed by atoms with Crippen molar-refractivity contribution < 1.29 is 4.79 Å². The number of rotatable bonds is 6. The molecule has 1 amide bonds. The number of aromatic nitrogens is 2. The van der Waals surface area contributed by atoms with E-state index in [9.17, 15) is 4.79 Å². The predicted molar refractivity (Wildman–Crippen MR) is 122 cm³/mol. The van der Waals surface area contributed by atoms with Gasteiger partial charge in [-0.05, 0) is 50.1 Å². The first-order valence-electron chi connectivity index (χ1n) is 10.4. The topological polar surface area (TPSA) is 46.9 Å². The fourth-order valence-corrected chi connectivity index (χ4v) is 3.82. The molecule has 30 heavy (non-hydrogen) atoms. The smallest absolute Gasteiger partial charge is 0.251 e. The minimum absolute atomic E-state index is 0.0336. The van der Waals surface area contributed by atoms with Gasteiger partial charge in [-0.1, -0.05) is 59.7 Å². The first kappa shape index (κ1) is 19.9. The Balaban J connectivity index is 1.52. The average Bonchev–Trinajstić information content (AvgIpc) is 3.07. The lowest BCUT2D eigenvalue weighted by Crippen LogP contribution is -2.27. The summed E-state index contributed by atoms with van der Waals surface area (Å²) >= 11 is 0. The third-order valence-electron chi connectivity index (χ3n) is 5.46. The second-order valence-electron chi connectivity index (χ2n) is 7.91. The van der Waals surface area contributed by atoms with Gasteiger partial charge in [-0.25, -0.2) is 4.98 Å². The average molecular weight is 398 g/mol. The number of aryl methyl sites for hydroxylation is 3. The molecule has 0 radical (unpaired) electrons. The zero-order chi connectivity index (χ0) is 21.1. The van der Waals surface area contributed by atoms with Gasteiger partial charge in [0.05, 0.1) is 11.0 Å². The molecule has 4 rings (SSSR count). The molecule has 3 aromatic carbocycles. The van der Waals surface area contributed by atoms with E-state index in [2.05, 4.69) is 47.1 Å². The number of carbonyl (C=O) groups is 1. The van der Waals surface area contributed by atoms with Crippen LogP contribution in [0.4, 0.5) is 0 Å². The summed E-state index contributed by atoms with van der Waals surface area (Å²) in [6, 6.07) is 22.7. The van der Waals surface area contributed by atoms with Crippen LogP contribution in [0.15, 0.2) is 66.7 Å². The Morgan fingerprint density at radius 2 is 1.67 bits per heavy atom. The minimum atomic E-state index is -0.0336. The van der Waals surface area contributed by atoms with E-state index in [0.717, 1.165) is 40.1 Å². The number of hydrogen-bond acceptors (Lipinski definition) is 2. The van der Waals surface area contributed by atoms with Gasteiger partial charge in [-0.15, -0.1) is 0 Å². The van der Waals surface area contributed by atoms with Crippen LogP contribution >= 0.6 is 0 Å². The number of benzene rings is 3. The number of fused-ring (bicyclic) bond motifs is 1. The van der Waals surface area contributed by atoms with Gasteiger partial charge >= 0.3 is 0 Å². The number of imidazole rings is 1. The lowest BCUT2D eigenvalue weighted by atomic mass is 10.1. The van der Waals surface area contributed by atoms with Crippen LogP contribution in [-0.2, 0) is 13.0 Å². The number of carbonyl (C=O) groups excluding carboxylic acids is 1. The summed E-state index contributed by atoms with van der Waals surface area (Å²) in [6.45, 7) is 7.42. The van der Waals surface area contributed by atoms with Crippen molar-refractivity contribution in [3.8, 4) is 0 Å². The molecule has 0 unspecified atom stereocenters. The maximum atomic E-state index is 12.6. The van der Waals surface area contributed by atoms with Crippen LogP contribution in [0.25, 0.3) is 11.0 Å². The van der Waals surface area contributed by atoms with Gasteiger partial charge in [-0.3, -0.25) is 4.79 Å². The molecule has 0 fully saturated rings. The summed E-state index contributed by atoms with van der Waals surface area (Å²) in [5, 5.41) is 3.06. The highest BCUT2D eigenvalue weighted by atomic mass is 16.1. The Morgan fingerprint density at radius 3 is 2.43 bits per heavy atom. The van der Waals surface area contributed by atoms with Gasteiger partial charge < -0.3 is 9.88 Å². The fourth-order valence-electron chi connectivity index (χ4n) is 3.82. The largest absolute Gasteiger partial charge is 0.352 e. The monoisotopic (exact) mass is 397 g/mol. The maximum absolute atomic E-state index is 12.6. The van der Waals surface area contributed by atoms with E-state index in [1.165, 1.54) is 11.1 Å². The van der Waals surface area contributed by atoms with Crippen LogP contribution < -0.4 is 5.32 Å². The zero-order valence-corrected chi connectivity index (χ0v) is 17.8. The quantitative estimate of drug-likeness (QED) is 0.499. The van der Waals surface area contributed by atoms with E-state index < -0.39 is 0 Å². The summed E-state index contributed by atoms with van der Waals surface area (Å²) in [5.74, 6) is 0.950. The summed E-state index contributed by atoms with van der Waals surface area (Å²) in [7, 11) is 0. The summed E-state index contributed by atoms with van der Waals surface area (Å²) < 4.78 is 2.25. The van der Waals surface area contributed by atoms with Crippen molar-refractivity contribution in [2.24, 2.45) is 0 Å². The molecule has 4 nitrogen and oxygen atoms in total. The van der Waals surface area contributed by atoms with Crippen molar-refractivity contribution in [1.29, 1.82) is 0 Å². The number of nitrogens with zero attached hydrogens (tertiary/aromatic N) is 2.